The number of hydrogen-bond acceptors (Lipinski definition) is 5. The fraction of sp³-hybridized carbons (Fsp3) is 0.500. The summed E-state index contributed by atoms with van der Waals surface area (Å²) >= 11 is 0. The lowest BCUT2D eigenvalue weighted by atomic mass is 10.2. The first-order valence-corrected chi connectivity index (χ1v) is 6.26. The average molecular weight is 280 g/mol. The largest absolute Gasteiger partial charge is 0.381 e. The van der Waals surface area contributed by atoms with Gasteiger partial charge in [-0.25, -0.2) is 4.98 Å². The number of H-pyrrole nitrogens is 1. The molecule has 1 saturated carbocycles. The second kappa shape index (κ2) is 5.41. The molecule has 8 heteroatoms. The van der Waals surface area contributed by atoms with E-state index in [1.54, 1.807) is 6.92 Å². The van der Waals surface area contributed by atoms with Crippen molar-refractivity contribution in [3.05, 3.63) is 27.4 Å². The average Bonchev–Trinajstić information content (AvgIpc) is 3.18. The Kier molecular flexibility index (Phi) is 3.84. The summed E-state index contributed by atoms with van der Waals surface area (Å²) in [5.41, 5.74) is 4.54. The van der Waals surface area contributed by atoms with Gasteiger partial charge in [-0.15, -0.1) is 0 Å². The predicted octanol–water partition coefficient (Wildman–Crippen LogP) is -1.47. The summed E-state index contributed by atoms with van der Waals surface area (Å²) in [5.74, 6) is -0.770. The van der Waals surface area contributed by atoms with E-state index in [1.807, 2.05) is 0 Å². The third-order valence-corrected chi connectivity index (χ3v) is 3.09. The maximum Gasteiger partial charge on any atom is 0.264 e. The standard InChI is InChI=1S/C12H16N4O4/c1-5-8(11(19)14-4-7(17)9(13)18)12(20)16-10(15-5)6-2-3-6/h6-7,17H,2-4H2,1H3,(H2,13,18)(H,14,19)(H,15,16,20). The molecular formula is C12H16N4O4. The van der Waals surface area contributed by atoms with Gasteiger partial charge in [-0.05, 0) is 19.8 Å². The second-order valence-corrected chi connectivity index (χ2v) is 4.81. The van der Waals surface area contributed by atoms with Crippen LogP contribution in [0.25, 0.3) is 0 Å². The van der Waals surface area contributed by atoms with Crippen LogP contribution in [0, 0.1) is 6.92 Å². The van der Waals surface area contributed by atoms with Crippen LogP contribution in [0.4, 0.5) is 0 Å². The van der Waals surface area contributed by atoms with E-state index in [2.05, 4.69) is 15.3 Å². The minimum Gasteiger partial charge on any atom is -0.381 e. The van der Waals surface area contributed by atoms with Crippen LogP contribution in [0.1, 0.15) is 40.6 Å². The topological polar surface area (TPSA) is 138 Å². The molecule has 1 aliphatic rings. The number of primary amides is 1. The number of amides is 2. The van der Waals surface area contributed by atoms with Gasteiger partial charge in [0, 0.05) is 5.92 Å². The fourth-order valence-electron chi connectivity index (χ4n) is 1.80. The maximum absolute atomic E-state index is 11.9. The number of aryl methyl sites for hydroxylation is 1. The number of carbonyl (C=O) groups is 2. The molecule has 8 nitrogen and oxygen atoms in total. The van der Waals surface area contributed by atoms with Crippen LogP contribution in [-0.4, -0.2) is 39.5 Å². The highest BCUT2D eigenvalue weighted by Crippen LogP contribution is 2.37. The first-order chi connectivity index (χ1) is 9.40. The van der Waals surface area contributed by atoms with Crippen molar-refractivity contribution in [1.29, 1.82) is 0 Å². The first-order valence-electron chi connectivity index (χ1n) is 6.26. The highest BCUT2D eigenvalue weighted by molar-refractivity contribution is 5.95. The van der Waals surface area contributed by atoms with E-state index in [1.165, 1.54) is 0 Å². The highest BCUT2D eigenvalue weighted by Gasteiger charge is 2.28. The van der Waals surface area contributed by atoms with Crippen molar-refractivity contribution in [3.63, 3.8) is 0 Å². The minimum atomic E-state index is -1.49. The third kappa shape index (κ3) is 3.02. The van der Waals surface area contributed by atoms with Gasteiger partial charge in [-0.2, -0.15) is 0 Å². The molecule has 1 heterocycles. The van der Waals surface area contributed by atoms with Crippen molar-refractivity contribution in [2.75, 3.05) is 6.54 Å². The summed E-state index contributed by atoms with van der Waals surface area (Å²) in [6.45, 7) is 1.22. The van der Waals surface area contributed by atoms with E-state index in [-0.39, 0.29) is 18.0 Å². The SMILES string of the molecule is Cc1nc(C2CC2)[nH]c(=O)c1C(=O)NCC(O)C(N)=O. The molecule has 0 aliphatic heterocycles. The Morgan fingerprint density at radius 3 is 2.70 bits per heavy atom. The van der Waals surface area contributed by atoms with Gasteiger partial charge < -0.3 is 21.1 Å². The number of aliphatic hydroxyl groups excluding tert-OH is 1. The molecule has 108 valence electrons. The van der Waals surface area contributed by atoms with Gasteiger partial charge in [0.15, 0.2) is 0 Å². The molecule has 1 aliphatic carbocycles. The smallest absolute Gasteiger partial charge is 0.264 e. The molecule has 1 aromatic heterocycles. The summed E-state index contributed by atoms with van der Waals surface area (Å²) in [6, 6.07) is 0. The number of nitrogens with one attached hydrogen (secondary N) is 2. The second-order valence-electron chi connectivity index (χ2n) is 4.81. The quantitative estimate of drug-likeness (QED) is 0.521. The molecule has 0 saturated heterocycles. The van der Waals surface area contributed by atoms with Crippen LogP contribution in [0.15, 0.2) is 4.79 Å². The van der Waals surface area contributed by atoms with Gasteiger partial charge in [0.25, 0.3) is 11.5 Å². The number of rotatable bonds is 5. The van der Waals surface area contributed by atoms with Gasteiger partial charge in [-0.3, -0.25) is 14.4 Å². The van der Waals surface area contributed by atoms with Crippen LogP contribution in [0.3, 0.4) is 0 Å². The predicted molar refractivity (Wildman–Crippen MR) is 69.1 cm³/mol. The van der Waals surface area contributed by atoms with Crippen LogP contribution in [0.5, 0.6) is 0 Å². The Hall–Kier alpha value is -2.22. The number of carbonyl (C=O) groups excluding carboxylic acids is 2. The molecule has 1 unspecified atom stereocenters. The van der Waals surface area contributed by atoms with Gasteiger partial charge in [0.1, 0.15) is 17.5 Å². The van der Waals surface area contributed by atoms with Crippen molar-refractivity contribution in [3.8, 4) is 0 Å². The molecule has 20 heavy (non-hydrogen) atoms. The zero-order valence-electron chi connectivity index (χ0n) is 11.0. The van der Waals surface area contributed by atoms with Crippen LogP contribution in [0.2, 0.25) is 0 Å². The van der Waals surface area contributed by atoms with Crippen molar-refractivity contribution < 1.29 is 14.7 Å². The lowest BCUT2D eigenvalue weighted by Crippen LogP contribution is -2.41. The number of aromatic nitrogens is 2. The van der Waals surface area contributed by atoms with Crippen LogP contribution < -0.4 is 16.6 Å². The number of aliphatic hydroxyl groups is 1. The monoisotopic (exact) mass is 280 g/mol. The van der Waals surface area contributed by atoms with E-state index in [4.69, 9.17) is 5.73 Å². The zero-order valence-corrected chi connectivity index (χ0v) is 11.0. The molecular weight excluding hydrogens is 264 g/mol. The van der Waals surface area contributed by atoms with E-state index in [0.717, 1.165) is 12.8 Å². The van der Waals surface area contributed by atoms with Crippen molar-refractivity contribution >= 4 is 11.8 Å². The van der Waals surface area contributed by atoms with Crippen LogP contribution in [-0.2, 0) is 4.79 Å². The fourth-order valence-corrected chi connectivity index (χ4v) is 1.80. The molecule has 0 aromatic carbocycles. The zero-order chi connectivity index (χ0) is 14.9. The Bertz CT molecular complexity index is 606. The van der Waals surface area contributed by atoms with Gasteiger partial charge >= 0.3 is 0 Å². The summed E-state index contributed by atoms with van der Waals surface area (Å²) in [7, 11) is 0. The molecule has 0 bridgehead atoms. The van der Waals surface area contributed by atoms with Crippen molar-refractivity contribution in [2.24, 2.45) is 5.73 Å². The summed E-state index contributed by atoms with van der Waals surface area (Å²) < 4.78 is 0. The van der Waals surface area contributed by atoms with Gasteiger partial charge in [-0.1, -0.05) is 0 Å². The summed E-state index contributed by atoms with van der Waals surface area (Å²) in [6.07, 6.45) is 0.481. The van der Waals surface area contributed by atoms with Gasteiger partial charge in [0.2, 0.25) is 5.91 Å². The Morgan fingerprint density at radius 1 is 1.55 bits per heavy atom. The molecule has 5 N–H and O–H groups in total. The molecule has 1 fully saturated rings. The minimum absolute atomic E-state index is 0.119. The highest BCUT2D eigenvalue weighted by atomic mass is 16.3. The first kappa shape index (κ1) is 14.2. The molecule has 1 atom stereocenters. The van der Waals surface area contributed by atoms with E-state index in [9.17, 15) is 19.5 Å². The van der Waals surface area contributed by atoms with Crippen LogP contribution >= 0.6 is 0 Å². The Balaban J connectivity index is 2.13. The molecule has 2 rings (SSSR count). The number of nitrogens with two attached hydrogens (primary N) is 1. The van der Waals surface area contributed by atoms with Crippen molar-refractivity contribution in [2.45, 2.75) is 31.8 Å². The number of hydrogen-bond donors (Lipinski definition) is 4. The number of nitrogens with zero attached hydrogens (tertiary/aromatic N) is 1. The number of aromatic amines is 1. The Morgan fingerprint density at radius 2 is 2.20 bits per heavy atom. The third-order valence-electron chi connectivity index (χ3n) is 3.09. The van der Waals surface area contributed by atoms with Gasteiger partial charge in [0.05, 0.1) is 12.2 Å². The lowest BCUT2D eigenvalue weighted by molar-refractivity contribution is -0.125. The van der Waals surface area contributed by atoms with E-state index in [0.29, 0.717) is 11.5 Å². The molecule has 1 aromatic rings. The Labute approximate surface area is 114 Å². The molecule has 2 amide bonds. The lowest BCUT2D eigenvalue weighted by Gasteiger charge is -2.10. The summed E-state index contributed by atoms with van der Waals surface area (Å²) in [4.78, 5) is 41.2. The van der Waals surface area contributed by atoms with Crippen molar-refractivity contribution in [1.82, 2.24) is 15.3 Å². The molecule has 0 spiro atoms. The maximum atomic E-state index is 11.9. The van der Waals surface area contributed by atoms with E-state index < -0.39 is 23.5 Å². The summed E-state index contributed by atoms with van der Waals surface area (Å²) in [5, 5.41) is 11.5. The molecule has 0 radical (unpaired) electrons. The normalized spacial score (nSPS) is 15.7. The van der Waals surface area contributed by atoms with E-state index >= 15 is 0 Å².